The zero-order valence-electron chi connectivity index (χ0n) is 11.5. The minimum absolute atomic E-state index is 0.197. The van der Waals surface area contributed by atoms with Crippen LogP contribution in [0.5, 0.6) is 11.5 Å². The molecule has 0 saturated heterocycles. The van der Waals surface area contributed by atoms with E-state index in [1.807, 2.05) is 6.92 Å². The molecule has 0 atom stereocenters. The highest BCUT2D eigenvalue weighted by molar-refractivity contribution is 6.32. The summed E-state index contributed by atoms with van der Waals surface area (Å²) in [5, 5.41) is 0.395. The third kappa shape index (κ3) is 2.77. The zero-order chi connectivity index (χ0) is 14.7. The number of hydrogen-bond acceptors (Lipinski definition) is 4. The SMILES string of the molecule is CCc1cc(=O)[nH]c(-c2cc(Cl)c(OC)c(OC)c2)n1. The summed E-state index contributed by atoms with van der Waals surface area (Å²) in [6, 6.07) is 4.88. The Morgan fingerprint density at radius 1 is 1.25 bits per heavy atom. The first-order chi connectivity index (χ1) is 9.58. The van der Waals surface area contributed by atoms with Gasteiger partial charge in [-0.2, -0.15) is 0 Å². The molecular weight excluding hydrogens is 280 g/mol. The van der Waals surface area contributed by atoms with E-state index >= 15 is 0 Å². The first-order valence-corrected chi connectivity index (χ1v) is 6.49. The highest BCUT2D eigenvalue weighted by Crippen LogP contribution is 2.38. The normalized spacial score (nSPS) is 10.4. The second kappa shape index (κ2) is 5.96. The van der Waals surface area contributed by atoms with Gasteiger partial charge in [0.1, 0.15) is 5.82 Å². The van der Waals surface area contributed by atoms with Gasteiger partial charge in [0.25, 0.3) is 5.56 Å². The maximum absolute atomic E-state index is 11.6. The quantitative estimate of drug-likeness (QED) is 0.941. The monoisotopic (exact) mass is 294 g/mol. The number of rotatable bonds is 4. The highest BCUT2D eigenvalue weighted by Gasteiger charge is 2.13. The number of benzene rings is 1. The Kier molecular flexibility index (Phi) is 4.29. The summed E-state index contributed by atoms with van der Waals surface area (Å²) in [6.07, 6.45) is 0.679. The van der Waals surface area contributed by atoms with Crippen molar-refractivity contribution in [2.75, 3.05) is 14.2 Å². The minimum atomic E-state index is -0.197. The number of halogens is 1. The van der Waals surface area contributed by atoms with Gasteiger partial charge in [-0.3, -0.25) is 4.79 Å². The second-order valence-electron chi connectivity index (χ2n) is 4.13. The molecule has 2 rings (SSSR count). The van der Waals surface area contributed by atoms with Crippen LogP contribution in [0.15, 0.2) is 23.0 Å². The smallest absolute Gasteiger partial charge is 0.251 e. The summed E-state index contributed by atoms with van der Waals surface area (Å²) in [5.41, 5.74) is 1.19. The molecule has 20 heavy (non-hydrogen) atoms. The van der Waals surface area contributed by atoms with Crippen molar-refractivity contribution >= 4 is 11.6 Å². The van der Waals surface area contributed by atoms with Crippen molar-refractivity contribution in [3.05, 3.63) is 39.3 Å². The van der Waals surface area contributed by atoms with Crippen molar-refractivity contribution in [1.29, 1.82) is 0 Å². The van der Waals surface area contributed by atoms with E-state index in [-0.39, 0.29) is 5.56 Å². The Labute approximate surface area is 121 Å². The van der Waals surface area contributed by atoms with Crippen LogP contribution < -0.4 is 15.0 Å². The van der Waals surface area contributed by atoms with Crippen LogP contribution in [0.25, 0.3) is 11.4 Å². The van der Waals surface area contributed by atoms with Gasteiger partial charge >= 0.3 is 0 Å². The summed E-state index contributed by atoms with van der Waals surface area (Å²) in [6.45, 7) is 1.94. The van der Waals surface area contributed by atoms with E-state index in [0.717, 1.165) is 5.69 Å². The number of nitrogens with zero attached hydrogens (tertiary/aromatic N) is 1. The molecule has 6 heteroatoms. The van der Waals surface area contributed by atoms with Crippen LogP contribution in [0.2, 0.25) is 5.02 Å². The fraction of sp³-hybridized carbons (Fsp3) is 0.286. The maximum atomic E-state index is 11.6. The lowest BCUT2D eigenvalue weighted by molar-refractivity contribution is 0.355. The van der Waals surface area contributed by atoms with Crippen molar-refractivity contribution in [3.8, 4) is 22.9 Å². The average Bonchev–Trinajstić information content (AvgIpc) is 2.45. The molecule has 0 aliphatic rings. The van der Waals surface area contributed by atoms with Crippen LogP contribution in [-0.4, -0.2) is 24.2 Å². The van der Waals surface area contributed by atoms with Crippen LogP contribution in [0, 0.1) is 0 Å². The number of methoxy groups -OCH3 is 2. The molecule has 1 N–H and O–H groups in total. The Balaban J connectivity index is 2.61. The predicted octanol–water partition coefficient (Wildman–Crippen LogP) is 2.67. The van der Waals surface area contributed by atoms with Gasteiger partial charge in [0.05, 0.1) is 19.2 Å². The number of hydrogen-bond donors (Lipinski definition) is 1. The van der Waals surface area contributed by atoms with E-state index in [4.69, 9.17) is 21.1 Å². The van der Waals surface area contributed by atoms with E-state index in [2.05, 4.69) is 9.97 Å². The molecule has 0 fully saturated rings. The van der Waals surface area contributed by atoms with Crippen molar-refractivity contribution in [1.82, 2.24) is 9.97 Å². The van der Waals surface area contributed by atoms with Gasteiger partial charge in [0.2, 0.25) is 0 Å². The van der Waals surface area contributed by atoms with Gasteiger partial charge in [-0.05, 0) is 18.6 Å². The Morgan fingerprint density at radius 3 is 2.60 bits per heavy atom. The van der Waals surface area contributed by atoms with Crippen LogP contribution >= 0.6 is 11.6 Å². The second-order valence-corrected chi connectivity index (χ2v) is 4.54. The molecule has 0 amide bonds. The van der Waals surface area contributed by atoms with Crippen LogP contribution in [0.4, 0.5) is 0 Å². The molecule has 1 aromatic heterocycles. The van der Waals surface area contributed by atoms with Gasteiger partial charge < -0.3 is 14.5 Å². The molecule has 1 aromatic carbocycles. The van der Waals surface area contributed by atoms with Gasteiger partial charge in [0, 0.05) is 17.3 Å². The fourth-order valence-corrected chi connectivity index (χ4v) is 2.17. The number of nitrogens with one attached hydrogen (secondary N) is 1. The molecule has 0 spiro atoms. The standard InChI is InChI=1S/C14H15ClN2O3/c1-4-9-7-12(18)17-14(16-9)8-5-10(15)13(20-3)11(6-8)19-2/h5-7H,4H2,1-3H3,(H,16,17,18). The largest absolute Gasteiger partial charge is 0.493 e. The molecule has 106 valence electrons. The summed E-state index contributed by atoms with van der Waals surface area (Å²) < 4.78 is 10.4. The summed E-state index contributed by atoms with van der Waals surface area (Å²) >= 11 is 6.15. The number of aromatic amines is 1. The predicted molar refractivity (Wildman–Crippen MR) is 77.8 cm³/mol. The lowest BCUT2D eigenvalue weighted by atomic mass is 10.1. The number of H-pyrrole nitrogens is 1. The molecule has 5 nitrogen and oxygen atoms in total. The lowest BCUT2D eigenvalue weighted by Crippen LogP contribution is -2.10. The van der Waals surface area contributed by atoms with E-state index in [0.29, 0.717) is 34.3 Å². The third-order valence-electron chi connectivity index (χ3n) is 2.86. The summed E-state index contributed by atoms with van der Waals surface area (Å²) in [4.78, 5) is 18.7. The lowest BCUT2D eigenvalue weighted by Gasteiger charge is -2.11. The summed E-state index contributed by atoms with van der Waals surface area (Å²) in [7, 11) is 3.04. The molecule has 0 radical (unpaired) electrons. The van der Waals surface area contributed by atoms with E-state index in [1.54, 1.807) is 12.1 Å². The Hall–Kier alpha value is -2.01. The maximum Gasteiger partial charge on any atom is 0.251 e. The molecule has 0 saturated carbocycles. The van der Waals surface area contributed by atoms with Crippen LogP contribution in [-0.2, 0) is 6.42 Å². The third-order valence-corrected chi connectivity index (χ3v) is 3.14. The molecular formula is C14H15ClN2O3. The van der Waals surface area contributed by atoms with Gasteiger partial charge in [0.15, 0.2) is 11.5 Å². The first kappa shape index (κ1) is 14.4. The summed E-state index contributed by atoms with van der Waals surface area (Å²) in [5.74, 6) is 1.39. The molecule has 2 aromatic rings. The Morgan fingerprint density at radius 2 is 2.00 bits per heavy atom. The Bertz CT molecular complexity index is 683. The van der Waals surface area contributed by atoms with Gasteiger partial charge in [-0.25, -0.2) is 4.98 Å². The van der Waals surface area contributed by atoms with Crippen molar-refractivity contribution in [2.24, 2.45) is 0 Å². The number of ether oxygens (including phenoxy) is 2. The number of aromatic nitrogens is 2. The highest BCUT2D eigenvalue weighted by atomic mass is 35.5. The average molecular weight is 295 g/mol. The molecule has 1 heterocycles. The number of aryl methyl sites for hydroxylation is 1. The zero-order valence-corrected chi connectivity index (χ0v) is 12.2. The van der Waals surface area contributed by atoms with E-state index < -0.39 is 0 Å². The van der Waals surface area contributed by atoms with Gasteiger partial charge in [-0.15, -0.1) is 0 Å². The van der Waals surface area contributed by atoms with Crippen molar-refractivity contribution in [3.63, 3.8) is 0 Å². The van der Waals surface area contributed by atoms with Crippen LogP contribution in [0.3, 0.4) is 0 Å². The molecule has 0 aliphatic carbocycles. The topological polar surface area (TPSA) is 64.2 Å². The van der Waals surface area contributed by atoms with E-state index in [1.165, 1.54) is 20.3 Å². The molecule has 0 bridgehead atoms. The molecule has 0 aliphatic heterocycles. The van der Waals surface area contributed by atoms with Gasteiger partial charge in [-0.1, -0.05) is 18.5 Å². The van der Waals surface area contributed by atoms with E-state index in [9.17, 15) is 4.79 Å². The molecule has 0 unspecified atom stereocenters. The van der Waals surface area contributed by atoms with Crippen molar-refractivity contribution < 1.29 is 9.47 Å². The minimum Gasteiger partial charge on any atom is -0.493 e. The van der Waals surface area contributed by atoms with Crippen LogP contribution in [0.1, 0.15) is 12.6 Å². The first-order valence-electron chi connectivity index (χ1n) is 6.11. The fourth-order valence-electron chi connectivity index (χ4n) is 1.88. The van der Waals surface area contributed by atoms with Crippen molar-refractivity contribution in [2.45, 2.75) is 13.3 Å².